The van der Waals surface area contributed by atoms with Gasteiger partial charge < -0.3 is 15.0 Å². The maximum Gasteiger partial charge on any atom is 0.418 e. The first kappa shape index (κ1) is 27.0. The van der Waals surface area contributed by atoms with Crippen LogP contribution in [0.25, 0.3) is 0 Å². The molecule has 8 heteroatoms. The van der Waals surface area contributed by atoms with Crippen LogP contribution in [-0.4, -0.2) is 21.6 Å². The van der Waals surface area contributed by atoms with Crippen molar-refractivity contribution in [1.29, 1.82) is 0 Å². The zero-order valence-electron chi connectivity index (χ0n) is 20.8. The predicted octanol–water partition coefficient (Wildman–Crippen LogP) is 6.88. The highest BCUT2D eigenvalue weighted by Gasteiger charge is 2.37. The number of hydrogen-bond acceptors (Lipinski definition) is 2. The van der Waals surface area contributed by atoms with Crippen molar-refractivity contribution in [3.05, 3.63) is 88.7 Å². The zero-order chi connectivity index (χ0) is 26.7. The number of hydrogen-bond donors (Lipinski definition) is 2. The molecular weight excluding hydrogens is 469 g/mol. The van der Waals surface area contributed by atoms with Crippen molar-refractivity contribution in [2.45, 2.75) is 64.6 Å². The third-order valence-electron chi connectivity index (χ3n) is 6.33. The summed E-state index contributed by atoms with van der Waals surface area (Å²) in [6.07, 6.45) is -1.24. The van der Waals surface area contributed by atoms with Gasteiger partial charge in [-0.05, 0) is 61.9 Å². The Balaban J connectivity index is 1.89. The van der Waals surface area contributed by atoms with Gasteiger partial charge >= 0.3 is 12.1 Å². The Hall–Kier alpha value is -3.55. The maximum absolute atomic E-state index is 13.7. The number of carboxylic acids is 1. The summed E-state index contributed by atoms with van der Waals surface area (Å²) in [4.78, 5) is 24.9. The molecule has 2 N–H and O–H groups in total. The van der Waals surface area contributed by atoms with E-state index in [1.54, 1.807) is 12.3 Å². The van der Waals surface area contributed by atoms with Crippen LogP contribution in [0.5, 0.6) is 0 Å². The molecule has 0 unspecified atom stereocenters. The van der Waals surface area contributed by atoms with E-state index in [1.165, 1.54) is 19.4 Å². The van der Waals surface area contributed by atoms with Gasteiger partial charge in [0.05, 0.1) is 22.2 Å². The summed E-state index contributed by atoms with van der Waals surface area (Å²) >= 11 is 0. The molecule has 5 nitrogen and oxygen atoms in total. The number of nitrogens with one attached hydrogen (secondary N) is 1. The molecule has 3 rings (SSSR count). The number of aromatic nitrogens is 1. The van der Waals surface area contributed by atoms with Crippen LogP contribution in [0.3, 0.4) is 0 Å². The molecule has 1 amide bonds. The molecule has 0 bridgehead atoms. The summed E-state index contributed by atoms with van der Waals surface area (Å²) in [5, 5.41) is 11.9. The van der Waals surface area contributed by atoms with Crippen molar-refractivity contribution >= 4 is 17.6 Å². The number of nitrogens with zero attached hydrogens (tertiary/aromatic N) is 1. The summed E-state index contributed by atoms with van der Waals surface area (Å²) in [6, 6.07) is 14.7. The fraction of sp³-hybridized carbons (Fsp3) is 0.357. The molecule has 3 aromatic rings. The number of alkyl halides is 3. The number of rotatable bonds is 9. The highest BCUT2D eigenvalue weighted by molar-refractivity contribution is 6.06. The van der Waals surface area contributed by atoms with Crippen LogP contribution >= 0.6 is 0 Å². The molecular formula is C28H31F3N2O3. The van der Waals surface area contributed by atoms with E-state index in [1.807, 2.05) is 36.6 Å². The fourth-order valence-corrected chi connectivity index (χ4v) is 4.21. The SMILES string of the molecule is CC(C)c1c(C(=O)Nc2cc(C(C)(C)C(=O)O)ccc2C(F)(F)F)ccn1CCCc1ccccc1. The van der Waals surface area contributed by atoms with Crippen molar-refractivity contribution in [1.82, 2.24) is 4.57 Å². The molecule has 0 atom stereocenters. The second-order valence-electron chi connectivity index (χ2n) is 9.69. The molecule has 0 saturated carbocycles. The Kier molecular flexibility index (Phi) is 7.96. The second kappa shape index (κ2) is 10.6. The minimum atomic E-state index is -4.72. The van der Waals surface area contributed by atoms with E-state index in [4.69, 9.17) is 0 Å². The second-order valence-corrected chi connectivity index (χ2v) is 9.69. The molecule has 0 fully saturated rings. The topological polar surface area (TPSA) is 71.3 Å². The van der Waals surface area contributed by atoms with Gasteiger partial charge in [-0.15, -0.1) is 0 Å². The first-order valence-electron chi connectivity index (χ1n) is 11.8. The van der Waals surface area contributed by atoms with Gasteiger partial charge in [0.25, 0.3) is 5.91 Å². The molecule has 1 aromatic heterocycles. The summed E-state index contributed by atoms with van der Waals surface area (Å²) in [7, 11) is 0. The van der Waals surface area contributed by atoms with Crippen molar-refractivity contribution in [3.8, 4) is 0 Å². The molecule has 0 radical (unpaired) electrons. The van der Waals surface area contributed by atoms with Gasteiger partial charge in [0, 0.05) is 18.4 Å². The smallest absolute Gasteiger partial charge is 0.418 e. The molecule has 2 aromatic carbocycles. The Morgan fingerprint density at radius 3 is 2.28 bits per heavy atom. The van der Waals surface area contributed by atoms with E-state index in [0.29, 0.717) is 12.1 Å². The Morgan fingerprint density at radius 1 is 1.03 bits per heavy atom. The van der Waals surface area contributed by atoms with Gasteiger partial charge in [0.2, 0.25) is 0 Å². The Bertz CT molecular complexity index is 1230. The summed E-state index contributed by atoms with van der Waals surface area (Å²) in [6.45, 7) is 7.31. The zero-order valence-corrected chi connectivity index (χ0v) is 20.8. The largest absolute Gasteiger partial charge is 0.481 e. The number of carbonyl (C=O) groups excluding carboxylic acids is 1. The van der Waals surface area contributed by atoms with E-state index in [0.717, 1.165) is 36.7 Å². The number of aliphatic carboxylic acids is 1. The van der Waals surface area contributed by atoms with Gasteiger partial charge in [-0.2, -0.15) is 13.2 Å². The normalized spacial score (nSPS) is 12.1. The average Bonchev–Trinajstić information content (AvgIpc) is 3.23. The van der Waals surface area contributed by atoms with Gasteiger partial charge in [-0.1, -0.05) is 50.2 Å². The number of amides is 1. The standard InChI is InChI=1S/C28H31F3N2O3/c1-18(2)24-21(14-16-33(24)15-8-11-19-9-6-5-7-10-19)25(34)32-23-17-20(27(3,4)26(35)36)12-13-22(23)28(29,30)31/h5-7,9-10,12-14,16-18H,8,11,15H2,1-4H3,(H,32,34)(H,35,36). The number of carboxylic acid groups (broad SMARTS) is 1. The van der Waals surface area contributed by atoms with Crippen LogP contribution in [0.2, 0.25) is 0 Å². The monoisotopic (exact) mass is 500 g/mol. The van der Waals surface area contributed by atoms with E-state index >= 15 is 0 Å². The first-order chi connectivity index (χ1) is 16.8. The number of halogens is 3. The van der Waals surface area contributed by atoms with Crippen LogP contribution in [-0.2, 0) is 29.4 Å². The lowest BCUT2D eigenvalue weighted by atomic mass is 9.84. The molecule has 1 heterocycles. The van der Waals surface area contributed by atoms with E-state index in [2.05, 4.69) is 17.4 Å². The summed E-state index contributed by atoms with van der Waals surface area (Å²) in [5.41, 5.74) is -0.551. The van der Waals surface area contributed by atoms with Crippen LogP contribution in [0, 0.1) is 0 Å². The lowest BCUT2D eigenvalue weighted by molar-refractivity contribution is -0.142. The van der Waals surface area contributed by atoms with Crippen LogP contribution < -0.4 is 5.32 Å². The van der Waals surface area contributed by atoms with Crippen molar-refractivity contribution in [2.75, 3.05) is 5.32 Å². The average molecular weight is 501 g/mol. The Labute approximate surface area is 209 Å². The quantitative estimate of drug-likeness (QED) is 0.337. The number of aryl methyl sites for hydroxylation is 2. The maximum atomic E-state index is 13.7. The molecule has 0 spiro atoms. The fourth-order valence-electron chi connectivity index (χ4n) is 4.21. The number of carbonyl (C=O) groups is 2. The van der Waals surface area contributed by atoms with Crippen LogP contribution in [0.1, 0.15) is 72.8 Å². The molecule has 0 aliphatic rings. The lowest BCUT2D eigenvalue weighted by Crippen LogP contribution is -2.29. The van der Waals surface area contributed by atoms with Crippen molar-refractivity contribution in [2.24, 2.45) is 0 Å². The minimum absolute atomic E-state index is 0.0446. The third kappa shape index (κ3) is 5.98. The third-order valence-corrected chi connectivity index (χ3v) is 6.33. The van der Waals surface area contributed by atoms with E-state index in [9.17, 15) is 27.9 Å². The lowest BCUT2D eigenvalue weighted by Gasteiger charge is -2.23. The summed E-state index contributed by atoms with van der Waals surface area (Å²) in [5.74, 6) is -1.90. The van der Waals surface area contributed by atoms with Crippen molar-refractivity contribution in [3.63, 3.8) is 0 Å². The molecule has 0 aliphatic carbocycles. The minimum Gasteiger partial charge on any atom is -0.481 e. The van der Waals surface area contributed by atoms with Gasteiger partial charge in [-0.25, -0.2) is 0 Å². The van der Waals surface area contributed by atoms with Crippen LogP contribution in [0.4, 0.5) is 18.9 Å². The molecule has 0 saturated heterocycles. The van der Waals surface area contributed by atoms with E-state index in [-0.39, 0.29) is 11.5 Å². The number of anilines is 1. The molecule has 192 valence electrons. The highest BCUT2D eigenvalue weighted by Crippen LogP contribution is 2.38. The molecule has 0 aliphatic heterocycles. The van der Waals surface area contributed by atoms with E-state index < -0.39 is 34.7 Å². The van der Waals surface area contributed by atoms with Gasteiger partial charge in [0.1, 0.15) is 0 Å². The molecule has 36 heavy (non-hydrogen) atoms. The Morgan fingerprint density at radius 2 is 1.69 bits per heavy atom. The van der Waals surface area contributed by atoms with Gasteiger partial charge in [0.15, 0.2) is 0 Å². The van der Waals surface area contributed by atoms with Crippen LogP contribution in [0.15, 0.2) is 60.8 Å². The predicted molar refractivity (Wildman–Crippen MR) is 133 cm³/mol. The number of benzene rings is 2. The van der Waals surface area contributed by atoms with Gasteiger partial charge in [-0.3, -0.25) is 9.59 Å². The highest BCUT2D eigenvalue weighted by atomic mass is 19.4. The van der Waals surface area contributed by atoms with Crippen molar-refractivity contribution < 1.29 is 27.9 Å². The first-order valence-corrected chi connectivity index (χ1v) is 11.8. The summed E-state index contributed by atoms with van der Waals surface area (Å²) < 4.78 is 43.1.